The number of carbonyl (C=O) groups excluding carboxylic acids is 1. The molecule has 0 aromatic heterocycles. The number of rotatable bonds is 0. The van der Waals surface area contributed by atoms with Crippen molar-refractivity contribution in [1.29, 1.82) is 0 Å². The van der Waals surface area contributed by atoms with Crippen molar-refractivity contribution in [2.24, 2.45) is 11.8 Å². The molecule has 0 radical (unpaired) electrons. The van der Waals surface area contributed by atoms with Gasteiger partial charge >= 0.3 is 0 Å². The number of hydrogen-bond acceptors (Lipinski definition) is 2. The molecule has 2 heterocycles. The van der Waals surface area contributed by atoms with E-state index in [0.717, 1.165) is 30.5 Å². The van der Waals surface area contributed by atoms with E-state index < -0.39 is 0 Å². The summed E-state index contributed by atoms with van der Waals surface area (Å²) in [6.45, 7) is 5.34. The molecule has 0 aromatic carbocycles. The molecule has 0 N–H and O–H groups in total. The molecule has 94 valence electrons. The van der Waals surface area contributed by atoms with Gasteiger partial charge in [-0.1, -0.05) is 19.8 Å². The molecule has 3 rings (SSSR count). The van der Waals surface area contributed by atoms with Gasteiger partial charge in [-0.15, -0.1) is 0 Å². The van der Waals surface area contributed by atoms with Gasteiger partial charge in [0.25, 0.3) is 0 Å². The van der Waals surface area contributed by atoms with Crippen LogP contribution in [0.15, 0.2) is 11.3 Å². The zero-order valence-corrected chi connectivity index (χ0v) is 11.0. The van der Waals surface area contributed by atoms with Crippen LogP contribution in [0.25, 0.3) is 0 Å². The van der Waals surface area contributed by atoms with Gasteiger partial charge in [0.15, 0.2) is 5.78 Å². The van der Waals surface area contributed by atoms with Gasteiger partial charge in [-0.3, -0.25) is 4.79 Å². The Morgan fingerprint density at radius 3 is 2.82 bits per heavy atom. The number of ketones is 1. The second-order valence-electron chi connectivity index (χ2n) is 6.13. The van der Waals surface area contributed by atoms with Crippen LogP contribution in [0.4, 0.5) is 0 Å². The first-order valence-corrected chi connectivity index (χ1v) is 7.19. The number of hydrogen-bond donors (Lipinski definition) is 0. The number of piperidine rings is 1. The number of allylic oxidation sites excluding steroid dienone is 2. The average Bonchev–Trinajstić information content (AvgIpc) is 2.33. The summed E-state index contributed by atoms with van der Waals surface area (Å²) in [5.41, 5.74) is 2.46. The van der Waals surface area contributed by atoms with E-state index >= 15 is 0 Å². The Labute approximate surface area is 104 Å². The quantitative estimate of drug-likeness (QED) is 0.640. The molecule has 0 amide bonds. The highest BCUT2D eigenvalue weighted by Gasteiger charge is 2.41. The average molecular weight is 233 g/mol. The fourth-order valence-electron chi connectivity index (χ4n) is 4.32. The molecule has 2 heteroatoms. The maximum absolute atomic E-state index is 11.9. The van der Waals surface area contributed by atoms with Gasteiger partial charge in [0.2, 0.25) is 0 Å². The summed E-state index contributed by atoms with van der Waals surface area (Å²) in [6, 6.07) is 0.748. The number of carbonyl (C=O) groups is 1. The van der Waals surface area contributed by atoms with Crippen molar-refractivity contribution in [1.82, 2.24) is 4.90 Å². The van der Waals surface area contributed by atoms with Crippen LogP contribution in [0.1, 0.15) is 52.4 Å². The molecule has 0 bridgehead atoms. The molecule has 3 unspecified atom stereocenters. The molecule has 1 aliphatic carbocycles. The number of Topliss-reactive ketones (excluding diaryl/α,β-unsaturated/α-hetero) is 1. The van der Waals surface area contributed by atoms with Crippen molar-refractivity contribution < 1.29 is 4.79 Å². The number of fused-ring (bicyclic) bond motifs is 3. The highest BCUT2D eigenvalue weighted by atomic mass is 16.1. The molecule has 2 nitrogen and oxygen atoms in total. The van der Waals surface area contributed by atoms with Crippen LogP contribution in [0.3, 0.4) is 0 Å². The van der Waals surface area contributed by atoms with Gasteiger partial charge in [-0.05, 0) is 38.0 Å². The minimum atomic E-state index is 0.386. The van der Waals surface area contributed by atoms with Crippen LogP contribution in [-0.4, -0.2) is 23.3 Å². The van der Waals surface area contributed by atoms with Gasteiger partial charge in [0.1, 0.15) is 0 Å². The molecule has 1 saturated carbocycles. The molecular weight excluding hydrogens is 210 g/mol. The molecule has 3 aliphatic rings. The maximum atomic E-state index is 11.9. The Bertz CT molecular complexity index is 371. The van der Waals surface area contributed by atoms with Crippen LogP contribution in [0, 0.1) is 11.8 Å². The van der Waals surface area contributed by atoms with E-state index in [1.54, 1.807) is 0 Å². The summed E-state index contributed by atoms with van der Waals surface area (Å²) in [4.78, 5) is 14.5. The van der Waals surface area contributed by atoms with Crippen molar-refractivity contribution >= 4 is 5.78 Å². The van der Waals surface area contributed by atoms with Crippen LogP contribution < -0.4 is 0 Å². The van der Waals surface area contributed by atoms with Crippen molar-refractivity contribution in [3.05, 3.63) is 11.3 Å². The molecular formula is C15H23NO. The third-order valence-corrected chi connectivity index (χ3v) is 5.08. The predicted molar refractivity (Wildman–Crippen MR) is 68.6 cm³/mol. The first-order valence-electron chi connectivity index (χ1n) is 7.19. The SMILES string of the molecule is CC1=C2C(C)CC3CCCCC3N2CCC1=O. The summed E-state index contributed by atoms with van der Waals surface area (Å²) in [5, 5.41) is 0. The van der Waals surface area contributed by atoms with Crippen molar-refractivity contribution in [3.8, 4) is 0 Å². The van der Waals surface area contributed by atoms with E-state index in [9.17, 15) is 4.79 Å². The zero-order chi connectivity index (χ0) is 12.0. The van der Waals surface area contributed by atoms with E-state index in [0.29, 0.717) is 11.7 Å². The van der Waals surface area contributed by atoms with E-state index in [1.807, 2.05) is 6.92 Å². The second-order valence-corrected chi connectivity index (χ2v) is 6.13. The lowest BCUT2D eigenvalue weighted by Gasteiger charge is -2.51. The van der Waals surface area contributed by atoms with Crippen LogP contribution in [0.5, 0.6) is 0 Å². The molecule has 2 aliphatic heterocycles. The maximum Gasteiger partial charge on any atom is 0.162 e. The van der Waals surface area contributed by atoms with Gasteiger partial charge in [-0.2, -0.15) is 0 Å². The fourth-order valence-corrected chi connectivity index (χ4v) is 4.32. The Kier molecular flexibility index (Phi) is 2.76. The Morgan fingerprint density at radius 2 is 2.00 bits per heavy atom. The van der Waals surface area contributed by atoms with Crippen molar-refractivity contribution in [2.75, 3.05) is 6.54 Å². The molecule has 3 atom stereocenters. The van der Waals surface area contributed by atoms with Gasteiger partial charge in [-0.25, -0.2) is 0 Å². The third kappa shape index (κ3) is 1.73. The predicted octanol–water partition coefficient (Wildman–Crippen LogP) is 3.13. The minimum absolute atomic E-state index is 0.386. The summed E-state index contributed by atoms with van der Waals surface area (Å²) >= 11 is 0. The van der Waals surface area contributed by atoms with E-state index in [1.165, 1.54) is 37.8 Å². The lowest BCUT2D eigenvalue weighted by Crippen LogP contribution is -2.51. The van der Waals surface area contributed by atoms with Gasteiger partial charge < -0.3 is 4.90 Å². The lowest BCUT2D eigenvalue weighted by molar-refractivity contribution is -0.117. The van der Waals surface area contributed by atoms with Gasteiger partial charge in [0, 0.05) is 30.3 Å². The standard InChI is InChI=1S/C15H23NO/c1-10-9-12-5-3-4-6-13(12)16-8-7-14(17)11(2)15(10)16/h10,12-13H,3-9H2,1-2H3. The second kappa shape index (κ2) is 4.15. The highest BCUT2D eigenvalue weighted by molar-refractivity contribution is 5.96. The zero-order valence-electron chi connectivity index (χ0n) is 11.0. The summed E-state index contributed by atoms with van der Waals surface area (Å²) in [5.74, 6) is 1.87. The number of nitrogens with zero attached hydrogens (tertiary/aromatic N) is 1. The lowest BCUT2D eigenvalue weighted by atomic mass is 9.72. The molecule has 1 saturated heterocycles. The largest absolute Gasteiger partial charge is 0.371 e. The van der Waals surface area contributed by atoms with Crippen LogP contribution in [-0.2, 0) is 4.79 Å². The normalized spacial score (nSPS) is 37.9. The van der Waals surface area contributed by atoms with Crippen LogP contribution in [0.2, 0.25) is 0 Å². The summed E-state index contributed by atoms with van der Waals surface area (Å²) < 4.78 is 0. The molecule has 2 fully saturated rings. The first kappa shape index (κ1) is 11.3. The monoisotopic (exact) mass is 233 g/mol. The van der Waals surface area contributed by atoms with Gasteiger partial charge in [0.05, 0.1) is 0 Å². The van der Waals surface area contributed by atoms with E-state index in [2.05, 4.69) is 11.8 Å². The Balaban J connectivity index is 1.96. The van der Waals surface area contributed by atoms with Crippen LogP contribution >= 0.6 is 0 Å². The first-order chi connectivity index (χ1) is 8.18. The topological polar surface area (TPSA) is 20.3 Å². The molecule has 17 heavy (non-hydrogen) atoms. The summed E-state index contributed by atoms with van der Waals surface area (Å²) in [7, 11) is 0. The van der Waals surface area contributed by atoms with E-state index in [4.69, 9.17) is 0 Å². The smallest absolute Gasteiger partial charge is 0.162 e. The minimum Gasteiger partial charge on any atom is -0.371 e. The molecule has 0 spiro atoms. The Hall–Kier alpha value is -0.790. The van der Waals surface area contributed by atoms with E-state index in [-0.39, 0.29) is 0 Å². The third-order valence-electron chi connectivity index (χ3n) is 5.08. The molecule has 0 aromatic rings. The Morgan fingerprint density at radius 1 is 1.24 bits per heavy atom. The fraction of sp³-hybridized carbons (Fsp3) is 0.800. The summed E-state index contributed by atoms with van der Waals surface area (Å²) in [6.07, 6.45) is 7.60. The van der Waals surface area contributed by atoms with Crippen molar-refractivity contribution in [3.63, 3.8) is 0 Å². The van der Waals surface area contributed by atoms with Crippen molar-refractivity contribution in [2.45, 2.75) is 58.4 Å². The highest BCUT2D eigenvalue weighted by Crippen LogP contribution is 2.44.